The van der Waals surface area contributed by atoms with Crippen molar-refractivity contribution in [3.8, 4) is 11.1 Å². The fourth-order valence-corrected chi connectivity index (χ4v) is 4.97. The molecule has 9 nitrogen and oxygen atoms in total. The van der Waals surface area contributed by atoms with Gasteiger partial charge in [-0.2, -0.15) is 0 Å². The molecule has 4 rings (SSSR count). The van der Waals surface area contributed by atoms with E-state index < -0.39 is 36.0 Å². The number of carbonyl (C=O) groups excluding carboxylic acids is 3. The Hall–Kier alpha value is -3.72. The normalized spacial score (nSPS) is 20.7. The summed E-state index contributed by atoms with van der Waals surface area (Å²) in [5, 5.41) is 15.1. The Bertz CT molecular complexity index is 1120. The maximum absolute atomic E-state index is 13.5. The predicted octanol–water partition coefficient (Wildman–Crippen LogP) is 2.79. The second-order valence-corrected chi connectivity index (χ2v) is 9.36. The number of ether oxygens (including phenoxy) is 1. The molecule has 0 spiro atoms. The zero-order valence-electron chi connectivity index (χ0n) is 21.0. The Labute approximate surface area is 216 Å². The van der Waals surface area contributed by atoms with Crippen LogP contribution in [0.4, 0.5) is 0 Å². The van der Waals surface area contributed by atoms with Crippen LogP contribution in [0.15, 0.2) is 54.6 Å². The highest BCUT2D eigenvalue weighted by Crippen LogP contribution is 2.26. The second-order valence-electron chi connectivity index (χ2n) is 9.36. The van der Waals surface area contributed by atoms with Crippen molar-refractivity contribution in [2.24, 2.45) is 0 Å². The lowest BCUT2D eigenvalue weighted by atomic mass is 9.99. The minimum Gasteiger partial charge on any atom is -0.480 e. The number of benzene rings is 2. The number of hydrogen-bond acceptors (Lipinski definition) is 6. The van der Waals surface area contributed by atoms with Crippen molar-refractivity contribution in [1.82, 2.24) is 15.3 Å². The summed E-state index contributed by atoms with van der Waals surface area (Å²) in [6.45, 7) is 2.22. The number of amides is 2. The Morgan fingerprint density at radius 2 is 1.76 bits per heavy atom. The number of carboxylic acids is 1. The van der Waals surface area contributed by atoms with Gasteiger partial charge in [-0.25, -0.2) is 9.80 Å². The number of carbonyl (C=O) groups is 4. The molecule has 2 amide bonds. The highest BCUT2D eigenvalue weighted by Gasteiger charge is 2.45. The summed E-state index contributed by atoms with van der Waals surface area (Å²) in [6.07, 6.45) is 2.00. The van der Waals surface area contributed by atoms with Gasteiger partial charge in [0.1, 0.15) is 6.04 Å². The van der Waals surface area contributed by atoms with E-state index in [4.69, 9.17) is 4.74 Å². The van der Waals surface area contributed by atoms with E-state index >= 15 is 0 Å². The van der Waals surface area contributed by atoms with Crippen LogP contribution in [0.2, 0.25) is 0 Å². The van der Waals surface area contributed by atoms with E-state index in [1.54, 1.807) is 6.92 Å². The van der Waals surface area contributed by atoms with E-state index in [0.29, 0.717) is 25.8 Å². The van der Waals surface area contributed by atoms with Crippen LogP contribution in [-0.2, 0) is 30.3 Å². The summed E-state index contributed by atoms with van der Waals surface area (Å²) in [6, 6.07) is 15.4. The molecule has 0 aromatic heterocycles. The number of hydrazine groups is 1. The second kappa shape index (κ2) is 12.0. The average Bonchev–Trinajstić information content (AvgIpc) is 3.03. The summed E-state index contributed by atoms with van der Waals surface area (Å²) in [5.74, 6) is -2.40. The maximum atomic E-state index is 13.5. The lowest BCUT2D eigenvalue weighted by Gasteiger charge is -2.42. The Kier molecular flexibility index (Phi) is 8.55. The first-order valence-electron chi connectivity index (χ1n) is 12.8. The molecule has 2 heterocycles. The SMILES string of the molecule is CCOC(=O)C(CCc1ccc(-c2ccccc2)cc1)NC1CCC(=O)N2CCCC(C(=O)O)N2C1=O. The van der Waals surface area contributed by atoms with Gasteiger partial charge in [0, 0.05) is 13.0 Å². The van der Waals surface area contributed by atoms with Gasteiger partial charge in [-0.3, -0.25) is 24.7 Å². The van der Waals surface area contributed by atoms with Crippen molar-refractivity contribution in [3.05, 3.63) is 60.2 Å². The first-order chi connectivity index (χ1) is 17.9. The van der Waals surface area contributed by atoms with Gasteiger partial charge in [-0.05, 0) is 55.7 Å². The van der Waals surface area contributed by atoms with Gasteiger partial charge in [0.2, 0.25) is 5.91 Å². The monoisotopic (exact) mass is 507 g/mol. The van der Waals surface area contributed by atoms with Crippen LogP contribution in [0.5, 0.6) is 0 Å². The van der Waals surface area contributed by atoms with Crippen molar-refractivity contribution < 1.29 is 29.0 Å². The molecule has 2 aromatic carbocycles. The number of esters is 1. The van der Waals surface area contributed by atoms with Gasteiger partial charge in [-0.15, -0.1) is 0 Å². The molecule has 2 aromatic rings. The van der Waals surface area contributed by atoms with Gasteiger partial charge in [0.15, 0.2) is 6.04 Å². The van der Waals surface area contributed by atoms with Crippen LogP contribution >= 0.6 is 0 Å². The molecule has 0 radical (unpaired) electrons. The molecule has 2 aliphatic heterocycles. The molecule has 196 valence electrons. The number of rotatable bonds is 9. The third kappa shape index (κ3) is 6.17. The van der Waals surface area contributed by atoms with Crippen LogP contribution in [0, 0.1) is 0 Å². The fraction of sp³-hybridized carbons (Fsp3) is 0.429. The van der Waals surface area contributed by atoms with Crippen molar-refractivity contribution >= 4 is 23.8 Å². The van der Waals surface area contributed by atoms with Gasteiger partial charge in [0.05, 0.1) is 12.6 Å². The van der Waals surface area contributed by atoms with Crippen LogP contribution in [-0.4, -0.2) is 70.2 Å². The Morgan fingerprint density at radius 3 is 2.43 bits per heavy atom. The number of nitrogens with one attached hydrogen (secondary N) is 1. The summed E-state index contributed by atoms with van der Waals surface area (Å²) in [5.41, 5.74) is 3.25. The third-order valence-corrected chi connectivity index (χ3v) is 6.90. The molecule has 0 bridgehead atoms. The van der Waals surface area contributed by atoms with Crippen LogP contribution in [0.3, 0.4) is 0 Å². The predicted molar refractivity (Wildman–Crippen MR) is 136 cm³/mol. The minimum atomic E-state index is -1.15. The minimum absolute atomic E-state index is 0.0861. The molecule has 2 fully saturated rings. The number of aliphatic carboxylic acids is 1. The molecule has 3 unspecified atom stereocenters. The van der Waals surface area contributed by atoms with E-state index in [9.17, 15) is 24.3 Å². The lowest BCUT2D eigenvalue weighted by Crippen LogP contribution is -2.62. The first-order valence-corrected chi connectivity index (χ1v) is 12.8. The largest absolute Gasteiger partial charge is 0.480 e. The quantitative estimate of drug-likeness (QED) is 0.502. The summed E-state index contributed by atoms with van der Waals surface area (Å²) < 4.78 is 5.27. The third-order valence-electron chi connectivity index (χ3n) is 6.90. The van der Waals surface area contributed by atoms with Crippen molar-refractivity contribution in [2.75, 3.05) is 13.2 Å². The number of hydrogen-bond donors (Lipinski definition) is 2. The number of nitrogens with zero attached hydrogens (tertiary/aromatic N) is 2. The van der Waals surface area contributed by atoms with Gasteiger partial charge >= 0.3 is 11.9 Å². The Morgan fingerprint density at radius 1 is 1.05 bits per heavy atom. The number of aryl methyl sites for hydroxylation is 1. The Balaban J connectivity index is 1.48. The number of fused-ring (bicyclic) bond motifs is 1. The molecule has 2 saturated heterocycles. The van der Waals surface area contributed by atoms with Gasteiger partial charge < -0.3 is 9.84 Å². The smallest absolute Gasteiger partial charge is 0.328 e. The van der Waals surface area contributed by atoms with Gasteiger partial charge in [0.25, 0.3) is 5.91 Å². The highest BCUT2D eigenvalue weighted by atomic mass is 16.5. The molecule has 0 saturated carbocycles. The molecule has 9 heteroatoms. The maximum Gasteiger partial charge on any atom is 0.328 e. The van der Waals surface area contributed by atoms with E-state index in [1.165, 1.54) is 5.01 Å². The molecule has 3 atom stereocenters. The summed E-state index contributed by atoms with van der Waals surface area (Å²) in [4.78, 5) is 50.8. The average molecular weight is 508 g/mol. The number of carboxylic acid groups (broad SMARTS) is 1. The van der Waals surface area contributed by atoms with Crippen LogP contribution in [0.1, 0.15) is 44.6 Å². The van der Waals surface area contributed by atoms with Crippen LogP contribution in [0.25, 0.3) is 11.1 Å². The molecule has 0 aliphatic carbocycles. The molecule has 37 heavy (non-hydrogen) atoms. The zero-order chi connectivity index (χ0) is 26.4. The lowest BCUT2D eigenvalue weighted by molar-refractivity contribution is -0.181. The standard InChI is InChI=1S/C28H33N3O6/c1-2-37-28(36)23(15-12-19-10-13-21(14-11-19)20-7-4-3-5-8-20)29-22-16-17-25(32)30-18-6-9-24(27(34)35)31(30)26(22)33/h3-5,7-8,10-11,13-14,22-24,29H,2,6,9,12,15-18H2,1H3,(H,34,35). The molecule has 2 N–H and O–H groups in total. The van der Waals surface area contributed by atoms with Crippen molar-refractivity contribution in [1.29, 1.82) is 0 Å². The van der Waals surface area contributed by atoms with Crippen molar-refractivity contribution in [2.45, 2.75) is 63.6 Å². The van der Waals surface area contributed by atoms with Crippen molar-refractivity contribution in [3.63, 3.8) is 0 Å². The van der Waals surface area contributed by atoms with E-state index in [0.717, 1.165) is 21.7 Å². The topological polar surface area (TPSA) is 116 Å². The van der Waals surface area contributed by atoms with Gasteiger partial charge in [-0.1, -0.05) is 54.6 Å². The zero-order valence-corrected chi connectivity index (χ0v) is 21.0. The van der Waals surface area contributed by atoms with Crippen LogP contribution < -0.4 is 5.32 Å². The van der Waals surface area contributed by atoms with E-state index in [-0.39, 0.29) is 31.8 Å². The molecular formula is C28H33N3O6. The molecular weight excluding hydrogens is 474 g/mol. The first kappa shape index (κ1) is 26.3. The fourth-order valence-electron chi connectivity index (χ4n) is 4.97. The highest BCUT2D eigenvalue weighted by molar-refractivity contribution is 5.92. The van der Waals surface area contributed by atoms with E-state index in [1.807, 2.05) is 54.6 Å². The summed E-state index contributed by atoms with van der Waals surface area (Å²) in [7, 11) is 0. The molecule has 2 aliphatic rings. The van der Waals surface area contributed by atoms with E-state index in [2.05, 4.69) is 5.32 Å². The summed E-state index contributed by atoms with van der Waals surface area (Å²) >= 11 is 0.